The molecule has 1 unspecified atom stereocenters. The predicted molar refractivity (Wildman–Crippen MR) is 75.4 cm³/mol. The summed E-state index contributed by atoms with van der Waals surface area (Å²) in [5, 5.41) is 3.45. The highest BCUT2D eigenvalue weighted by molar-refractivity contribution is 5.20. The highest BCUT2D eigenvalue weighted by Gasteiger charge is 2.11. The Morgan fingerprint density at radius 1 is 1.21 bits per heavy atom. The van der Waals surface area contributed by atoms with Crippen LogP contribution in [0.25, 0.3) is 0 Å². The third-order valence-electron chi connectivity index (χ3n) is 3.21. The zero-order chi connectivity index (χ0) is 13.5. The van der Waals surface area contributed by atoms with Crippen LogP contribution in [0.3, 0.4) is 0 Å². The van der Waals surface area contributed by atoms with Gasteiger partial charge in [-0.2, -0.15) is 0 Å². The van der Waals surface area contributed by atoms with Crippen molar-refractivity contribution in [3.63, 3.8) is 0 Å². The van der Waals surface area contributed by atoms with Crippen molar-refractivity contribution in [2.75, 3.05) is 6.54 Å². The van der Waals surface area contributed by atoms with E-state index in [4.69, 9.17) is 0 Å². The van der Waals surface area contributed by atoms with Crippen LogP contribution in [0.4, 0.5) is 4.39 Å². The molecule has 0 aliphatic heterocycles. The van der Waals surface area contributed by atoms with Gasteiger partial charge in [0.2, 0.25) is 0 Å². The first-order valence-electron chi connectivity index (χ1n) is 6.68. The molecule has 0 radical (unpaired) electrons. The molecule has 2 nitrogen and oxygen atoms in total. The summed E-state index contributed by atoms with van der Waals surface area (Å²) in [6.07, 6.45) is 4.50. The number of aromatic nitrogens is 1. The topological polar surface area (TPSA) is 24.9 Å². The van der Waals surface area contributed by atoms with Crippen LogP contribution in [-0.2, 0) is 6.42 Å². The van der Waals surface area contributed by atoms with Crippen molar-refractivity contribution < 1.29 is 4.39 Å². The number of pyridine rings is 1. The molecule has 1 heterocycles. The lowest BCUT2D eigenvalue weighted by molar-refractivity contribution is 0.506. The van der Waals surface area contributed by atoms with Gasteiger partial charge in [0.1, 0.15) is 5.82 Å². The first-order chi connectivity index (χ1) is 9.31. The van der Waals surface area contributed by atoms with E-state index in [-0.39, 0.29) is 11.9 Å². The van der Waals surface area contributed by atoms with Crippen LogP contribution < -0.4 is 5.32 Å². The lowest BCUT2D eigenvalue weighted by Gasteiger charge is -2.18. The van der Waals surface area contributed by atoms with E-state index in [1.165, 1.54) is 11.8 Å². The average molecular weight is 258 g/mol. The minimum absolute atomic E-state index is 0.217. The number of nitrogens with zero attached hydrogens (tertiary/aromatic N) is 1. The van der Waals surface area contributed by atoms with Gasteiger partial charge in [-0.3, -0.25) is 4.98 Å². The van der Waals surface area contributed by atoms with Crippen molar-refractivity contribution in [3.05, 3.63) is 65.7 Å². The summed E-state index contributed by atoms with van der Waals surface area (Å²) in [6, 6.07) is 12.3. The number of benzene rings is 1. The first-order valence-corrected chi connectivity index (χ1v) is 6.68. The van der Waals surface area contributed by atoms with Crippen LogP contribution in [-0.4, -0.2) is 11.5 Å². The zero-order valence-electron chi connectivity index (χ0n) is 11.1. The second-order valence-corrected chi connectivity index (χ2v) is 4.53. The van der Waals surface area contributed by atoms with Crippen molar-refractivity contribution in [2.24, 2.45) is 0 Å². The minimum Gasteiger partial charge on any atom is -0.310 e. The standard InChI is InChI=1S/C16H19FN2/c1-2-19-16(14-6-4-3-5-7-14)9-8-13-10-11-18-12-15(13)17/h3-7,10-12,16,19H,2,8-9H2,1H3. The molecule has 2 aromatic rings. The fourth-order valence-electron chi connectivity index (χ4n) is 2.22. The second kappa shape index (κ2) is 7.00. The maximum Gasteiger partial charge on any atom is 0.144 e. The third kappa shape index (κ3) is 3.86. The van der Waals surface area contributed by atoms with Crippen LogP contribution in [0.1, 0.15) is 30.5 Å². The SMILES string of the molecule is CCNC(CCc1ccncc1F)c1ccccc1. The van der Waals surface area contributed by atoms with Crippen molar-refractivity contribution >= 4 is 0 Å². The molecule has 1 atom stereocenters. The number of aryl methyl sites for hydroxylation is 1. The normalized spacial score (nSPS) is 12.3. The van der Waals surface area contributed by atoms with Crippen molar-refractivity contribution in [2.45, 2.75) is 25.8 Å². The molecule has 0 spiro atoms. The Hall–Kier alpha value is -1.74. The van der Waals surface area contributed by atoms with Gasteiger partial charge in [-0.05, 0) is 36.6 Å². The van der Waals surface area contributed by atoms with Gasteiger partial charge < -0.3 is 5.32 Å². The number of hydrogen-bond acceptors (Lipinski definition) is 2. The molecule has 0 saturated heterocycles. The Balaban J connectivity index is 2.04. The van der Waals surface area contributed by atoms with E-state index in [2.05, 4.69) is 29.4 Å². The monoisotopic (exact) mass is 258 g/mol. The van der Waals surface area contributed by atoms with Crippen LogP contribution in [0.15, 0.2) is 48.8 Å². The molecule has 1 N–H and O–H groups in total. The summed E-state index contributed by atoms with van der Waals surface area (Å²) in [4.78, 5) is 3.78. The van der Waals surface area contributed by atoms with E-state index < -0.39 is 0 Å². The third-order valence-corrected chi connectivity index (χ3v) is 3.21. The Morgan fingerprint density at radius 3 is 2.68 bits per heavy atom. The summed E-state index contributed by atoms with van der Waals surface area (Å²) in [5.74, 6) is -0.217. The Labute approximate surface area is 113 Å². The van der Waals surface area contributed by atoms with Gasteiger partial charge >= 0.3 is 0 Å². The summed E-state index contributed by atoms with van der Waals surface area (Å²) >= 11 is 0. The number of nitrogens with one attached hydrogen (secondary N) is 1. The van der Waals surface area contributed by atoms with E-state index in [9.17, 15) is 4.39 Å². The fourth-order valence-corrected chi connectivity index (χ4v) is 2.22. The predicted octanol–water partition coefficient (Wildman–Crippen LogP) is 3.50. The molecule has 1 aromatic carbocycles. The molecule has 0 aliphatic carbocycles. The molecule has 3 heteroatoms. The molecule has 0 amide bonds. The zero-order valence-corrected chi connectivity index (χ0v) is 11.1. The maximum absolute atomic E-state index is 13.5. The first kappa shape index (κ1) is 13.7. The average Bonchev–Trinajstić information content (AvgIpc) is 2.46. The van der Waals surface area contributed by atoms with E-state index in [1.54, 1.807) is 12.3 Å². The van der Waals surface area contributed by atoms with Gasteiger partial charge in [-0.1, -0.05) is 37.3 Å². The molecule has 0 aliphatic rings. The number of halogens is 1. The minimum atomic E-state index is -0.217. The Kier molecular flexibility index (Phi) is 5.04. The molecule has 2 rings (SSSR count). The maximum atomic E-state index is 13.5. The van der Waals surface area contributed by atoms with Gasteiger partial charge in [-0.15, -0.1) is 0 Å². The molecular weight excluding hydrogens is 239 g/mol. The second-order valence-electron chi connectivity index (χ2n) is 4.53. The van der Waals surface area contributed by atoms with Gasteiger partial charge in [0.05, 0.1) is 6.20 Å². The van der Waals surface area contributed by atoms with Crippen LogP contribution in [0.5, 0.6) is 0 Å². The van der Waals surface area contributed by atoms with Crippen molar-refractivity contribution in [1.82, 2.24) is 10.3 Å². The van der Waals surface area contributed by atoms with Crippen molar-refractivity contribution in [1.29, 1.82) is 0 Å². The highest BCUT2D eigenvalue weighted by Crippen LogP contribution is 2.19. The summed E-state index contributed by atoms with van der Waals surface area (Å²) in [5.41, 5.74) is 1.98. The van der Waals surface area contributed by atoms with Gasteiger partial charge in [0.15, 0.2) is 0 Å². The largest absolute Gasteiger partial charge is 0.310 e. The number of rotatable bonds is 6. The Bertz CT molecular complexity index is 499. The van der Waals surface area contributed by atoms with E-state index in [1.807, 2.05) is 18.2 Å². The summed E-state index contributed by atoms with van der Waals surface area (Å²) in [7, 11) is 0. The van der Waals surface area contributed by atoms with Gasteiger partial charge in [-0.25, -0.2) is 4.39 Å². The lowest BCUT2D eigenvalue weighted by Crippen LogP contribution is -2.21. The quantitative estimate of drug-likeness (QED) is 0.857. The van der Waals surface area contributed by atoms with Crippen LogP contribution in [0, 0.1) is 5.82 Å². The van der Waals surface area contributed by atoms with Gasteiger partial charge in [0.25, 0.3) is 0 Å². The summed E-state index contributed by atoms with van der Waals surface area (Å²) in [6.45, 7) is 2.99. The molecular formula is C16H19FN2. The smallest absolute Gasteiger partial charge is 0.144 e. The van der Waals surface area contributed by atoms with Gasteiger partial charge in [0, 0.05) is 12.2 Å². The lowest BCUT2D eigenvalue weighted by atomic mass is 9.99. The van der Waals surface area contributed by atoms with Crippen LogP contribution >= 0.6 is 0 Å². The molecule has 0 bridgehead atoms. The van der Waals surface area contributed by atoms with Crippen LogP contribution in [0.2, 0.25) is 0 Å². The highest BCUT2D eigenvalue weighted by atomic mass is 19.1. The van der Waals surface area contributed by atoms with E-state index in [0.29, 0.717) is 6.42 Å². The van der Waals surface area contributed by atoms with E-state index >= 15 is 0 Å². The van der Waals surface area contributed by atoms with E-state index in [0.717, 1.165) is 18.5 Å². The molecule has 19 heavy (non-hydrogen) atoms. The molecule has 100 valence electrons. The number of hydrogen-bond donors (Lipinski definition) is 1. The summed E-state index contributed by atoms with van der Waals surface area (Å²) < 4.78 is 13.5. The Morgan fingerprint density at radius 2 is 2.00 bits per heavy atom. The van der Waals surface area contributed by atoms with Crippen molar-refractivity contribution in [3.8, 4) is 0 Å². The fraction of sp³-hybridized carbons (Fsp3) is 0.312. The molecule has 0 saturated carbocycles. The molecule has 0 fully saturated rings. The molecule has 1 aromatic heterocycles.